The van der Waals surface area contributed by atoms with Crippen molar-refractivity contribution in [3.05, 3.63) is 71.8 Å². The molecule has 2 fully saturated rings. The van der Waals surface area contributed by atoms with E-state index in [-0.39, 0.29) is 0 Å². The summed E-state index contributed by atoms with van der Waals surface area (Å²) in [5, 5.41) is 0. The normalized spacial score (nSPS) is 28.0. The highest BCUT2D eigenvalue weighted by molar-refractivity contribution is 7.80. The van der Waals surface area contributed by atoms with Crippen LogP contribution in [0.15, 0.2) is 60.7 Å². The van der Waals surface area contributed by atoms with Crippen molar-refractivity contribution in [2.45, 2.75) is 50.9 Å². The van der Waals surface area contributed by atoms with Crippen molar-refractivity contribution in [1.29, 1.82) is 0 Å². The summed E-state index contributed by atoms with van der Waals surface area (Å²) in [7, 11) is -0.751. The highest BCUT2D eigenvalue weighted by Gasteiger charge is 2.47. The number of benzene rings is 2. The Morgan fingerprint density at radius 1 is 0.750 bits per heavy atom. The fraction of sp³-hybridized carbons (Fsp3) is 0.400. The lowest BCUT2D eigenvalue weighted by atomic mass is 9.90. The summed E-state index contributed by atoms with van der Waals surface area (Å²) >= 11 is 7.04. The van der Waals surface area contributed by atoms with Crippen LogP contribution in [-0.2, 0) is 13.1 Å². The van der Waals surface area contributed by atoms with Crippen LogP contribution in [0, 0.1) is 0 Å². The molecule has 0 radical (unpaired) electrons. The maximum Gasteiger partial charge on any atom is 0.141 e. The topological polar surface area (TPSA) is 6.48 Å². The predicted molar refractivity (Wildman–Crippen MR) is 103 cm³/mol. The van der Waals surface area contributed by atoms with Gasteiger partial charge in [0.2, 0.25) is 0 Å². The molecule has 1 saturated carbocycles. The Labute approximate surface area is 151 Å². The number of fused-ring (bicyclic) bond motifs is 1. The number of halogens is 1. The average molecular weight is 359 g/mol. The summed E-state index contributed by atoms with van der Waals surface area (Å²) in [6, 6.07) is 22.8. The molecule has 0 N–H and O–H groups in total. The van der Waals surface area contributed by atoms with E-state index in [4.69, 9.17) is 11.2 Å². The summed E-state index contributed by atoms with van der Waals surface area (Å²) in [5.41, 5.74) is 2.74. The van der Waals surface area contributed by atoms with E-state index in [1.807, 2.05) is 0 Å². The Bertz CT molecular complexity index is 594. The third kappa shape index (κ3) is 3.39. The molecular weight excluding hydrogens is 335 g/mol. The second kappa shape index (κ2) is 7.54. The summed E-state index contributed by atoms with van der Waals surface area (Å²) in [5.74, 6) is 0. The fourth-order valence-corrected chi connectivity index (χ4v) is 6.95. The smallest absolute Gasteiger partial charge is 0.141 e. The van der Waals surface area contributed by atoms with E-state index in [9.17, 15) is 0 Å². The van der Waals surface area contributed by atoms with Crippen LogP contribution in [0.1, 0.15) is 36.8 Å². The second-order valence-electron chi connectivity index (χ2n) is 6.83. The van der Waals surface area contributed by atoms with E-state index in [0.29, 0.717) is 12.1 Å². The summed E-state index contributed by atoms with van der Waals surface area (Å²) in [6.07, 6.45) is 5.25. The molecule has 4 heteroatoms. The molecule has 0 aromatic heterocycles. The minimum atomic E-state index is -0.751. The third-order valence-electron chi connectivity index (χ3n) is 5.26. The summed E-state index contributed by atoms with van der Waals surface area (Å²) in [6.45, 7) is 1.95. The Hall–Kier alpha value is -0.920. The molecular formula is C20H24ClN2P. The lowest BCUT2D eigenvalue weighted by Crippen LogP contribution is -2.39. The van der Waals surface area contributed by atoms with Gasteiger partial charge in [-0.1, -0.05) is 84.7 Å². The van der Waals surface area contributed by atoms with E-state index in [1.54, 1.807) is 0 Å². The number of hydrogen-bond acceptors (Lipinski definition) is 2. The van der Waals surface area contributed by atoms with Gasteiger partial charge >= 0.3 is 0 Å². The van der Waals surface area contributed by atoms with Crippen molar-refractivity contribution in [2.24, 2.45) is 0 Å². The van der Waals surface area contributed by atoms with Gasteiger partial charge in [-0.3, -0.25) is 0 Å². The molecule has 1 heterocycles. The highest BCUT2D eigenvalue weighted by atomic mass is 35.7. The molecule has 2 aromatic rings. The van der Waals surface area contributed by atoms with Crippen LogP contribution in [0.4, 0.5) is 0 Å². The average Bonchev–Trinajstić information content (AvgIpc) is 2.90. The largest absolute Gasteiger partial charge is 0.248 e. The van der Waals surface area contributed by atoms with Crippen molar-refractivity contribution in [3.63, 3.8) is 0 Å². The fourth-order valence-electron chi connectivity index (χ4n) is 4.07. The molecule has 2 aliphatic rings. The molecule has 0 amide bonds. The van der Waals surface area contributed by atoms with Crippen LogP contribution in [-0.4, -0.2) is 21.4 Å². The molecule has 0 bridgehead atoms. The minimum absolute atomic E-state index is 0.617. The predicted octanol–water partition coefficient (Wildman–Crippen LogP) is 5.78. The molecule has 126 valence electrons. The molecule has 2 aromatic carbocycles. The zero-order chi connectivity index (χ0) is 16.4. The summed E-state index contributed by atoms with van der Waals surface area (Å²) < 4.78 is 5.16. The van der Waals surface area contributed by atoms with Crippen LogP contribution >= 0.6 is 18.8 Å². The van der Waals surface area contributed by atoms with Gasteiger partial charge in [-0.15, -0.1) is 0 Å². The maximum atomic E-state index is 7.04. The van der Waals surface area contributed by atoms with Crippen molar-refractivity contribution in [2.75, 3.05) is 0 Å². The van der Waals surface area contributed by atoms with Gasteiger partial charge in [0.1, 0.15) is 7.58 Å². The van der Waals surface area contributed by atoms with E-state index < -0.39 is 7.58 Å². The van der Waals surface area contributed by atoms with Crippen molar-refractivity contribution < 1.29 is 0 Å². The van der Waals surface area contributed by atoms with Crippen LogP contribution in [0.3, 0.4) is 0 Å². The number of rotatable bonds is 4. The zero-order valence-corrected chi connectivity index (χ0v) is 15.5. The Morgan fingerprint density at radius 2 is 1.17 bits per heavy atom. The molecule has 1 saturated heterocycles. The van der Waals surface area contributed by atoms with E-state index in [2.05, 4.69) is 70.0 Å². The van der Waals surface area contributed by atoms with Crippen LogP contribution in [0.25, 0.3) is 0 Å². The van der Waals surface area contributed by atoms with Crippen molar-refractivity contribution >= 4 is 18.8 Å². The van der Waals surface area contributed by atoms with Gasteiger partial charge in [0.05, 0.1) is 0 Å². The molecule has 4 rings (SSSR count). The molecule has 2 nitrogen and oxygen atoms in total. The maximum absolute atomic E-state index is 7.04. The third-order valence-corrected chi connectivity index (χ3v) is 8.15. The molecule has 1 aliphatic heterocycles. The lowest BCUT2D eigenvalue weighted by molar-refractivity contribution is 0.197. The van der Waals surface area contributed by atoms with Crippen LogP contribution in [0.5, 0.6) is 0 Å². The number of hydrogen-bond donors (Lipinski definition) is 0. The Balaban J connectivity index is 1.56. The van der Waals surface area contributed by atoms with Gasteiger partial charge < -0.3 is 0 Å². The first-order valence-corrected chi connectivity index (χ1v) is 11.0. The SMILES string of the molecule is ClP1N(Cc2ccccc2)C2CCCCC2N1Cc1ccccc1. The van der Waals surface area contributed by atoms with E-state index in [1.165, 1.54) is 36.8 Å². The van der Waals surface area contributed by atoms with Crippen LogP contribution < -0.4 is 0 Å². The van der Waals surface area contributed by atoms with Crippen molar-refractivity contribution in [1.82, 2.24) is 9.34 Å². The van der Waals surface area contributed by atoms with Gasteiger partial charge in [0, 0.05) is 25.2 Å². The van der Waals surface area contributed by atoms with Crippen molar-refractivity contribution in [3.8, 4) is 0 Å². The van der Waals surface area contributed by atoms with Gasteiger partial charge in [-0.25, -0.2) is 9.34 Å². The van der Waals surface area contributed by atoms with E-state index >= 15 is 0 Å². The van der Waals surface area contributed by atoms with Gasteiger partial charge in [-0.05, 0) is 24.0 Å². The molecule has 24 heavy (non-hydrogen) atoms. The standard InChI is InChI=1S/C20H24ClN2P/c21-24-22(15-17-9-3-1-4-10-17)19-13-7-8-14-20(19)23(24)16-18-11-5-2-6-12-18/h1-6,9-12,19-20H,7-8,13-16H2. The van der Waals surface area contributed by atoms with Crippen LogP contribution in [0.2, 0.25) is 0 Å². The molecule has 2 unspecified atom stereocenters. The first kappa shape index (κ1) is 16.5. The monoisotopic (exact) mass is 358 g/mol. The number of nitrogens with zero attached hydrogens (tertiary/aromatic N) is 2. The highest BCUT2D eigenvalue weighted by Crippen LogP contribution is 2.61. The lowest BCUT2D eigenvalue weighted by Gasteiger charge is -2.31. The molecule has 2 atom stereocenters. The van der Waals surface area contributed by atoms with Gasteiger partial charge in [0.15, 0.2) is 0 Å². The van der Waals surface area contributed by atoms with Gasteiger partial charge in [0.25, 0.3) is 0 Å². The molecule has 1 aliphatic carbocycles. The zero-order valence-electron chi connectivity index (χ0n) is 13.9. The summed E-state index contributed by atoms with van der Waals surface area (Å²) in [4.78, 5) is 0. The first-order chi connectivity index (χ1) is 11.8. The molecule has 0 spiro atoms. The quantitative estimate of drug-likeness (QED) is 0.639. The second-order valence-corrected chi connectivity index (χ2v) is 9.24. The van der Waals surface area contributed by atoms with Gasteiger partial charge in [-0.2, -0.15) is 0 Å². The Kier molecular flexibility index (Phi) is 5.20. The Morgan fingerprint density at radius 3 is 1.58 bits per heavy atom. The minimum Gasteiger partial charge on any atom is -0.248 e. The first-order valence-electron chi connectivity index (χ1n) is 8.90. The van der Waals surface area contributed by atoms with E-state index in [0.717, 1.165) is 13.1 Å².